The van der Waals surface area contributed by atoms with Crippen molar-refractivity contribution in [3.63, 3.8) is 0 Å². The molecule has 0 atom stereocenters. The molecular weight excluding hydrogens is 316 g/mol. The van der Waals surface area contributed by atoms with Crippen LogP contribution in [0.2, 0.25) is 0 Å². The zero-order chi connectivity index (χ0) is 17.6. The van der Waals surface area contributed by atoms with Crippen molar-refractivity contribution in [2.24, 2.45) is 0 Å². The van der Waals surface area contributed by atoms with E-state index in [4.69, 9.17) is 4.74 Å². The number of anilines is 1. The summed E-state index contributed by atoms with van der Waals surface area (Å²) in [6.07, 6.45) is 0. The number of nitrogens with one attached hydrogen (secondary N) is 2. The number of benzene rings is 2. The SMILES string of the molecule is CCOc1ccc(NC(=O)NCCn2c(C)nc3ccccc32)cc1. The van der Waals surface area contributed by atoms with Gasteiger partial charge in [0.2, 0.25) is 0 Å². The first kappa shape index (κ1) is 16.8. The van der Waals surface area contributed by atoms with E-state index in [9.17, 15) is 4.79 Å². The van der Waals surface area contributed by atoms with Crippen LogP contribution in [0.15, 0.2) is 48.5 Å². The monoisotopic (exact) mass is 338 g/mol. The van der Waals surface area contributed by atoms with Gasteiger partial charge in [0.05, 0.1) is 17.6 Å². The van der Waals surface area contributed by atoms with Crippen molar-refractivity contribution in [1.29, 1.82) is 0 Å². The van der Waals surface area contributed by atoms with Gasteiger partial charge in [-0.15, -0.1) is 0 Å². The van der Waals surface area contributed by atoms with Crippen molar-refractivity contribution in [2.75, 3.05) is 18.5 Å². The summed E-state index contributed by atoms with van der Waals surface area (Å²) in [5.41, 5.74) is 2.78. The van der Waals surface area contributed by atoms with Gasteiger partial charge in [-0.25, -0.2) is 9.78 Å². The van der Waals surface area contributed by atoms with Gasteiger partial charge in [0.1, 0.15) is 11.6 Å². The minimum Gasteiger partial charge on any atom is -0.494 e. The molecule has 0 saturated carbocycles. The summed E-state index contributed by atoms with van der Waals surface area (Å²) in [5.74, 6) is 1.73. The number of aryl methyl sites for hydroxylation is 1. The molecule has 2 amide bonds. The van der Waals surface area contributed by atoms with Gasteiger partial charge in [-0.1, -0.05) is 12.1 Å². The Hall–Kier alpha value is -3.02. The van der Waals surface area contributed by atoms with E-state index in [1.165, 1.54) is 0 Å². The highest BCUT2D eigenvalue weighted by atomic mass is 16.5. The summed E-state index contributed by atoms with van der Waals surface area (Å²) in [6.45, 7) is 5.72. The predicted octanol–water partition coefficient (Wildman–Crippen LogP) is 3.57. The Bertz CT molecular complexity index is 855. The van der Waals surface area contributed by atoms with Gasteiger partial charge in [-0.3, -0.25) is 0 Å². The first-order valence-electron chi connectivity index (χ1n) is 8.37. The van der Waals surface area contributed by atoms with Crippen LogP contribution in [0.5, 0.6) is 5.75 Å². The van der Waals surface area contributed by atoms with E-state index >= 15 is 0 Å². The third-order valence-corrected chi connectivity index (χ3v) is 3.89. The number of nitrogens with zero attached hydrogens (tertiary/aromatic N) is 2. The van der Waals surface area contributed by atoms with Crippen LogP contribution in [0.1, 0.15) is 12.7 Å². The average Bonchev–Trinajstić information content (AvgIpc) is 2.93. The first-order valence-corrected chi connectivity index (χ1v) is 8.37. The Kier molecular flexibility index (Phi) is 5.18. The smallest absolute Gasteiger partial charge is 0.319 e. The molecule has 0 aliphatic rings. The molecule has 0 aliphatic heterocycles. The quantitative estimate of drug-likeness (QED) is 0.722. The largest absolute Gasteiger partial charge is 0.494 e. The fourth-order valence-corrected chi connectivity index (χ4v) is 2.74. The number of ether oxygens (including phenoxy) is 1. The van der Waals surface area contributed by atoms with E-state index in [0.717, 1.165) is 28.3 Å². The maximum atomic E-state index is 12.0. The molecule has 1 aromatic heterocycles. The second-order valence-corrected chi connectivity index (χ2v) is 5.64. The molecule has 25 heavy (non-hydrogen) atoms. The topological polar surface area (TPSA) is 68.2 Å². The van der Waals surface area contributed by atoms with Crippen LogP contribution in [0.25, 0.3) is 11.0 Å². The van der Waals surface area contributed by atoms with E-state index in [1.54, 1.807) is 0 Å². The van der Waals surface area contributed by atoms with Crippen molar-refractivity contribution in [1.82, 2.24) is 14.9 Å². The summed E-state index contributed by atoms with van der Waals surface area (Å²) >= 11 is 0. The van der Waals surface area contributed by atoms with Gasteiger partial charge in [0.15, 0.2) is 0 Å². The Labute approximate surface area is 146 Å². The van der Waals surface area contributed by atoms with Crippen molar-refractivity contribution < 1.29 is 9.53 Å². The Balaban J connectivity index is 1.53. The third kappa shape index (κ3) is 4.09. The summed E-state index contributed by atoms with van der Waals surface area (Å²) in [7, 11) is 0. The number of imidazole rings is 1. The van der Waals surface area contributed by atoms with Gasteiger partial charge in [-0.05, 0) is 50.2 Å². The lowest BCUT2D eigenvalue weighted by molar-refractivity contribution is 0.251. The molecule has 3 rings (SSSR count). The highest BCUT2D eigenvalue weighted by Crippen LogP contribution is 2.16. The first-order chi connectivity index (χ1) is 12.2. The van der Waals surface area contributed by atoms with Crippen LogP contribution in [-0.4, -0.2) is 28.7 Å². The summed E-state index contributed by atoms with van der Waals surface area (Å²) < 4.78 is 7.49. The van der Waals surface area contributed by atoms with Crippen LogP contribution < -0.4 is 15.4 Å². The molecule has 0 unspecified atom stereocenters. The summed E-state index contributed by atoms with van der Waals surface area (Å²) in [6, 6.07) is 15.1. The molecule has 6 heteroatoms. The Morgan fingerprint density at radius 1 is 1.16 bits per heavy atom. The van der Waals surface area contributed by atoms with Crippen LogP contribution >= 0.6 is 0 Å². The van der Waals surface area contributed by atoms with E-state index in [1.807, 2.05) is 62.4 Å². The molecular formula is C19H22N4O2. The number of para-hydroxylation sites is 2. The second kappa shape index (κ2) is 7.70. The molecule has 0 spiro atoms. The maximum Gasteiger partial charge on any atom is 0.319 e. The number of hydrogen-bond acceptors (Lipinski definition) is 3. The molecule has 0 aliphatic carbocycles. The number of carbonyl (C=O) groups is 1. The molecule has 2 aromatic carbocycles. The van der Waals surface area contributed by atoms with Crippen molar-refractivity contribution in [3.05, 3.63) is 54.4 Å². The van der Waals surface area contributed by atoms with Crippen LogP contribution in [0, 0.1) is 6.92 Å². The summed E-state index contributed by atoms with van der Waals surface area (Å²) in [4.78, 5) is 16.5. The molecule has 0 bridgehead atoms. The molecule has 6 nitrogen and oxygen atoms in total. The highest BCUT2D eigenvalue weighted by molar-refractivity contribution is 5.89. The van der Waals surface area contributed by atoms with E-state index in [2.05, 4.69) is 20.2 Å². The molecule has 130 valence electrons. The van der Waals surface area contributed by atoms with Gasteiger partial charge >= 0.3 is 6.03 Å². The molecule has 3 aromatic rings. The van der Waals surface area contributed by atoms with Gasteiger partial charge < -0.3 is 19.9 Å². The average molecular weight is 338 g/mol. The van der Waals surface area contributed by atoms with Gasteiger partial charge in [0, 0.05) is 18.8 Å². The number of rotatable bonds is 6. The number of carbonyl (C=O) groups excluding carboxylic acids is 1. The lowest BCUT2D eigenvalue weighted by Crippen LogP contribution is -2.31. The van der Waals surface area contributed by atoms with E-state index in [0.29, 0.717) is 19.7 Å². The number of fused-ring (bicyclic) bond motifs is 1. The minimum atomic E-state index is -0.230. The fourth-order valence-electron chi connectivity index (χ4n) is 2.74. The Morgan fingerprint density at radius 3 is 2.68 bits per heavy atom. The number of urea groups is 1. The fraction of sp³-hybridized carbons (Fsp3) is 0.263. The molecule has 0 saturated heterocycles. The number of hydrogen-bond donors (Lipinski definition) is 2. The zero-order valence-electron chi connectivity index (χ0n) is 14.5. The minimum absolute atomic E-state index is 0.230. The van der Waals surface area contributed by atoms with Crippen LogP contribution in [0.4, 0.5) is 10.5 Å². The van der Waals surface area contributed by atoms with Crippen molar-refractivity contribution in [2.45, 2.75) is 20.4 Å². The lowest BCUT2D eigenvalue weighted by Gasteiger charge is -2.10. The van der Waals surface area contributed by atoms with Crippen LogP contribution in [-0.2, 0) is 6.54 Å². The van der Waals surface area contributed by atoms with E-state index < -0.39 is 0 Å². The zero-order valence-corrected chi connectivity index (χ0v) is 14.5. The predicted molar refractivity (Wildman–Crippen MR) is 99.1 cm³/mol. The second-order valence-electron chi connectivity index (χ2n) is 5.64. The Morgan fingerprint density at radius 2 is 1.92 bits per heavy atom. The third-order valence-electron chi connectivity index (χ3n) is 3.89. The maximum absolute atomic E-state index is 12.0. The standard InChI is InChI=1S/C19H22N4O2/c1-3-25-16-10-8-15(9-11-16)22-19(24)20-12-13-23-14(2)21-17-6-4-5-7-18(17)23/h4-11H,3,12-13H2,1-2H3,(H2,20,22,24). The number of amides is 2. The summed E-state index contributed by atoms with van der Waals surface area (Å²) in [5, 5.41) is 5.68. The van der Waals surface area contributed by atoms with Crippen molar-refractivity contribution in [3.8, 4) is 5.75 Å². The van der Waals surface area contributed by atoms with Gasteiger partial charge in [0.25, 0.3) is 0 Å². The lowest BCUT2D eigenvalue weighted by atomic mass is 10.3. The molecule has 0 fully saturated rings. The van der Waals surface area contributed by atoms with E-state index in [-0.39, 0.29) is 6.03 Å². The van der Waals surface area contributed by atoms with Gasteiger partial charge in [-0.2, -0.15) is 0 Å². The molecule has 0 radical (unpaired) electrons. The normalized spacial score (nSPS) is 10.6. The van der Waals surface area contributed by atoms with Crippen LogP contribution in [0.3, 0.4) is 0 Å². The highest BCUT2D eigenvalue weighted by Gasteiger charge is 2.07. The molecule has 2 N–H and O–H groups in total. The molecule has 1 heterocycles. The number of aromatic nitrogens is 2. The van der Waals surface area contributed by atoms with Crippen molar-refractivity contribution >= 4 is 22.8 Å².